The molecule has 0 heterocycles. The van der Waals surface area contributed by atoms with Gasteiger partial charge in [0.15, 0.2) is 0 Å². The summed E-state index contributed by atoms with van der Waals surface area (Å²) in [5, 5.41) is 2.75. The fraction of sp³-hybridized carbons (Fsp3) is 0.333. The van der Waals surface area contributed by atoms with Crippen molar-refractivity contribution in [3.63, 3.8) is 0 Å². The van der Waals surface area contributed by atoms with E-state index in [9.17, 15) is 8.42 Å². The molecule has 0 saturated heterocycles. The first kappa shape index (κ1) is 11.0. The highest BCUT2D eigenvalue weighted by Crippen LogP contribution is 2.11. The molecule has 1 rings (SSSR count). The summed E-state index contributed by atoms with van der Waals surface area (Å²) in [5.41, 5.74) is 0. The Balaban J connectivity index is 2.60. The SMILES string of the molecule is CNCCS(=O)(=O)Oc1ccccc1. The normalized spacial score (nSPS) is 11.2. The lowest BCUT2D eigenvalue weighted by molar-refractivity contribution is 0.484. The summed E-state index contributed by atoms with van der Waals surface area (Å²) in [6.45, 7) is 0.384. The van der Waals surface area contributed by atoms with Gasteiger partial charge in [-0.15, -0.1) is 0 Å². The molecule has 0 aromatic heterocycles. The molecule has 14 heavy (non-hydrogen) atoms. The number of nitrogens with one attached hydrogen (secondary N) is 1. The molecule has 5 heteroatoms. The third-order valence-corrected chi connectivity index (χ3v) is 2.72. The summed E-state index contributed by atoms with van der Waals surface area (Å²) in [5.74, 6) is 0.321. The average molecular weight is 215 g/mol. The average Bonchev–Trinajstić information content (AvgIpc) is 2.16. The van der Waals surface area contributed by atoms with Gasteiger partial charge in [0, 0.05) is 6.54 Å². The number of benzene rings is 1. The van der Waals surface area contributed by atoms with Gasteiger partial charge in [-0.1, -0.05) is 18.2 Å². The highest BCUT2D eigenvalue weighted by molar-refractivity contribution is 7.87. The van der Waals surface area contributed by atoms with E-state index in [2.05, 4.69) is 5.32 Å². The van der Waals surface area contributed by atoms with E-state index in [4.69, 9.17) is 4.18 Å². The lowest BCUT2D eigenvalue weighted by atomic mass is 10.3. The van der Waals surface area contributed by atoms with Gasteiger partial charge >= 0.3 is 10.1 Å². The molecule has 4 nitrogen and oxygen atoms in total. The molecule has 1 aromatic rings. The van der Waals surface area contributed by atoms with E-state index in [0.29, 0.717) is 12.3 Å². The second-order valence-corrected chi connectivity index (χ2v) is 4.45. The summed E-state index contributed by atoms with van der Waals surface area (Å²) < 4.78 is 27.4. The fourth-order valence-corrected chi connectivity index (χ4v) is 1.83. The minimum absolute atomic E-state index is 0.0294. The van der Waals surface area contributed by atoms with Crippen LogP contribution in [0.3, 0.4) is 0 Å². The van der Waals surface area contributed by atoms with Crippen LogP contribution in [0, 0.1) is 0 Å². The van der Waals surface area contributed by atoms with Crippen LogP contribution in [0.25, 0.3) is 0 Å². The molecule has 0 bridgehead atoms. The van der Waals surface area contributed by atoms with Gasteiger partial charge in [0.1, 0.15) is 5.75 Å². The van der Waals surface area contributed by atoms with Crippen molar-refractivity contribution >= 4 is 10.1 Å². The van der Waals surface area contributed by atoms with Crippen LogP contribution in [0.5, 0.6) is 5.75 Å². The third-order valence-electron chi connectivity index (χ3n) is 1.57. The standard InChI is InChI=1S/C9H13NO3S/c1-10-7-8-14(11,12)13-9-5-3-2-4-6-9/h2-6,10H,7-8H2,1H3. The molecule has 0 radical (unpaired) electrons. The van der Waals surface area contributed by atoms with Crippen molar-refractivity contribution in [1.29, 1.82) is 0 Å². The summed E-state index contributed by atoms with van der Waals surface area (Å²) in [7, 11) is -1.77. The van der Waals surface area contributed by atoms with Crippen molar-refractivity contribution in [3.8, 4) is 5.75 Å². The van der Waals surface area contributed by atoms with Gasteiger partial charge in [0.25, 0.3) is 0 Å². The van der Waals surface area contributed by atoms with Gasteiger partial charge in [0.2, 0.25) is 0 Å². The van der Waals surface area contributed by atoms with E-state index < -0.39 is 10.1 Å². The van der Waals surface area contributed by atoms with Gasteiger partial charge in [-0.3, -0.25) is 0 Å². The minimum atomic E-state index is -3.46. The highest BCUT2D eigenvalue weighted by Gasteiger charge is 2.10. The van der Waals surface area contributed by atoms with Crippen molar-refractivity contribution in [2.75, 3.05) is 19.3 Å². The first-order valence-electron chi connectivity index (χ1n) is 4.26. The molecule has 0 unspecified atom stereocenters. The second-order valence-electron chi connectivity index (χ2n) is 2.76. The molecule has 1 N–H and O–H groups in total. The zero-order valence-electron chi connectivity index (χ0n) is 7.93. The van der Waals surface area contributed by atoms with Crippen LogP contribution in [0.2, 0.25) is 0 Å². The van der Waals surface area contributed by atoms with E-state index in [1.54, 1.807) is 37.4 Å². The summed E-state index contributed by atoms with van der Waals surface area (Å²) >= 11 is 0. The predicted octanol–water partition coefficient (Wildman–Crippen LogP) is 0.615. The van der Waals surface area contributed by atoms with Gasteiger partial charge in [-0.25, -0.2) is 0 Å². The quantitative estimate of drug-likeness (QED) is 0.731. The maximum Gasteiger partial charge on any atom is 0.310 e. The molecule has 0 aliphatic carbocycles. The number of hydrogen-bond acceptors (Lipinski definition) is 4. The lowest BCUT2D eigenvalue weighted by Crippen LogP contribution is -2.22. The first-order valence-corrected chi connectivity index (χ1v) is 5.83. The summed E-state index contributed by atoms with van der Waals surface area (Å²) in [4.78, 5) is 0. The molecule has 78 valence electrons. The van der Waals surface area contributed by atoms with E-state index in [1.807, 2.05) is 0 Å². The molecule has 0 spiro atoms. The maximum absolute atomic E-state index is 11.3. The van der Waals surface area contributed by atoms with Gasteiger partial charge in [-0.05, 0) is 19.2 Å². The Morgan fingerprint density at radius 3 is 2.50 bits per heavy atom. The third kappa shape index (κ3) is 3.76. The number of hydrogen-bond donors (Lipinski definition) is 1. The van der Waals surface area contributed by atoms with Crippen LogP contribution < -0.4 is 9.50 Å². The minimum Gasteiger partial charge on any atom is -0.382 e. The number of rotatable bonds is 5. The van der Waals surface area contributed by atoms with Crippen molar-refractivity contribution in [1.82, 2.24) is 5.32 Å². The highest BCUT2D eigenvalue weighted by atomic mass is 32.2. The zero-order valence-corrected chi connectivity index (χ0v) is 8.75. The van der Waals surface area contributed by atoms with E-state index in [0.717, 1.165) is 0 Å². The predicted molar refractivity (Wildman–Crippen MR) is 54.8 cm³/mol. The largest absolute Gasteiger partial charge is 0.382 e. The second kappa shape index (κ2) is 4.97. The van der Waals surface area contributed by atoms with Crippen molar-refractivity contribution in [3.05, 3.63) is 30.3 Å². The molecule has 0 aliphatic heterocycles. The van der Waals surface area contributed by atoms with Crippen LogP contribution in [0.1, 0.15) is 0 Å². The van der Waals surface area contributed by atoms with Gasteiger partial charge in [-0.2, -0.15) is 8.42 Å². The Morgan fingerprint density at radius 1 is 1.29 bits per heavy atom. The summed E-state index contributed by atoms with van der Waals surface area (Å²) in [6, 6.07) is 8.47. The molecule has 0 atom stereocenters. The van der Waals surface area contributed by atoms with Crippen molar-refractivity contribution < 1.29 is 12.6 Å². The lowest BCUT2D eigenvalue weighted by Gasteiger charge is -2.05. The van der Waals surface area contributed by atoms with Gasteiger partial charge < -0.3 is 9.50 Å². The van der Waals surface area contributed by atoms with Crippen molar-refractivity contribution in [2.45, 2.75) is 0 Å². The van der Waals surface area contributed by atoms with Gasteiger partial charge in [0.05, 0.1) is 5.75 Å². The molecule has 1 aromatic carbocycles. The smallest absolute Gasteiger partial charge is 0.310 e. The molecule has 0 amide bonds. The fourth-order valence-electron chi connectivity index (χ4n) is 0.891. The first-order chi connectivity index (χ1) is 6.64. The molecular weight excluding hydrogens is 202 g/mol. The Bertz CT molecular complexity index is 361. The summed E-state index contributed by atoms with van der Waals surface area (Å²) in [6.07, 6.45) is 0. The molecule has 0 saturated carbocycles. The molecule has 0 fully saturated rings. The van der Waals surface area contributed by atoms with E-state index >= 15 is 0 Å². The van der Waals surface area contributed by atoms with Crippen LogP contribution in [0.15, 0.2) is 30.3 Å². The van der Waals surface area contributed by atoms with Crippen LogP contribution >= 0.6 is 0 Å². The topological polar surface area (TPSA) is 55.4 Å². The molecule has 0 aliphatic rings. The van der Waals surface area contributed by atoms with Crippen LogP contribution in [-0.4, -0.2) is 27.8 Å². The van der Waals surface area contributed by atoms with E-state index in [-0.39, 0.29) is 5.75 Å². The monoisotopic (exact) mass is 215 g/mol. The molecular formula is C9H13NO3S. The number of para-hydroxylation sites is 1. The van der Waals surface area contributed by atoms with Crippen LogP contribution in [0.4, 0.5) is 0 Å². The Morgan fingerprint density at radius 2 is 1.93 bits per heavy atom. The van der Waals surface area contributed by atoms with Crippen molar-refractivity contribution in [2.24, 2.45) is 0 Å². The Kier molecular flexibility index (Phi) is 3.91. The van der Waals surface area contributed by atoms with E-state index in [1.165, 1.54) is 0 Å². The Labute approximate surface area is 84.0 Å². The zero-order chi connectivity index (χ0) is 10.4. The van der Waals surface area contributed by atoms with Crippen LogP contribution in [-0.2, 0) is 10.1 Å². The maximum atomic E-state index is 11.3. The Hall–Kier alpha value is -1.07.